The SMILES string of the molecule is COc1ccc(-c2cc(-c3ccc(F)cc3)n(-c3ccc(S(N)(=O)=O)cc3)n2)cc1OC. The Hall–Kier alpha value is -3.69. The van der Waals surface area contributed by atoms with Gasteiger partial charge in [0, 0.05) is 11.1 Å². The van der Waals surface area contributed by atoms with Crippen molar-refractivity contribution in [1.29, 1.82) is 0 Å². The number of nitrogens with zero attached hydrogens (tertiary/aromatic N) is 2. The lowest BCUT2D eigenvalue weighted by Gasteiger charge is -2.09. The maximum atomic E-state index is 13.5. The minimum Gasteiger partial charge on any atom is -0.493 e. The molecule has 0 fully saturated rings. The summed E-state index contributed by atoms with van der Waals surface area (Å²) >= 11 is 0. The van der Waals surface area contributed by atoms with Gasteiger partial charge >= 0.3 is 0 Å². The normalized spacial score (nSPS) is 11.4. The number of hydrogen-bond acceptors (Lipinski definition) is 5. The van der Waals surface area contributed by atoms with Gasteiger partial charge in [-0.25, -0.2) is 22.6 Å². The number of nitrogens with two attached hydrogens (primary N) is 1. The maximum absolute atomic E-state index is 13.5. The van der Waals surface area contributed by atoms with E-state index >= 15 is 0 Å². The van der Waals surface area contributed by atoms with Crippen LogP contribution in [0, 0.1) is 5.82 Å². The van der Waals surface area contributed by atoms with Crippen LogP contribution in [0.3, 0.4) is 0 Å². The first-order valence-corrected chi connectivity index (χ1v) is 11.1. The Bertz CT molecular complexity index is 1370. The molecule has 1 heterocycles. The van der Waals surface area contributed by atoms with Gasteiger partial charge < -0.3 is 9.47 Å². The molecule has 0 aliphatic heterocycles. The van der Waals surface area contributed by atoms with Gasteiger partial charge in [-0.1, -0.05) is 0 Å². The second-order valence-corrected chi connectivity index (χ2v) is 8.50. The highest BCUT2D eigenvalue weighted by atomic mass is 32.2. The third-order valence-corrected chi connectivity index (χ3v) is 5.87. The van der Waals surface area contributed by atoms with Crippen molar-refractivity contribution in [3.8, 4) is 39.7 Å². The van der Waals surface area contributed by atoms with E-state index in [-0.39, 0.29) is 10.7 Å². The van der Waals surface area contributed by atoms with Crippen LogP contribution in [0.5, 0.6) is 11.5 Å². The quantitative estimate of drug-likeness (QED) is 0.476. The fraction of sp³-hybridized carbons (Fsp3) is 0.0870. The third-order valence-electron chi connectivity index (χ3n) is 4.94. The van der Waals surface area contributed by atoms with E-state index in [4.69, 9.17) is 19.7 Å². The molecule has 0 aliphatic rings. The van der Waals surface area contributed by atoms with E-state index in [9.17, 15) is 12.8 Å². The summed E-state index contributed by atoms with van der Waals surface area (Å²) in [6, 6.07) is 19.4. The van der Waals surface area contributed by atoms with Crippen LogP contribution in [0.25, 0.3) is 28.2 Å². The molecular weight excluding hydrogens is 433 g/mol. The molecule has 164 valence electrons. The molecule has 7 nitrogen and oxygen atoms in total. The van der Waals surface area contributed by atoms with E-state index < -0.39 is 10.0 Å². The Balaban J connectivity index is 1.87. The highest BCUT2D eigenvalue weighted by Gasteiger charge is 2.16. The van der Waals surface area contributed by atoms with Gasteiger partial charge in [-0.2, -0.15) is 5.10 Å². The van der Waals surface area contributed by atoms with Crippen LogP contribution < -0.4 is 14.6 Å². The van der Waals surface area contributed by atoms with Crippen LogP contribution in [0.15, 0.2) is 77.7 Å². The summed E-state index contributed by atoms with van der Waals surface area (Å²) in [5.41, 5.74) is 3.47. The van der Waals surface area contributed by atoms with Crippen molar-refractivity contribution in [2.24, 2.45) is 5.14 Å². The summed E-state index contributed by atoms with van der Waals surface area (Å²) in [5, 5.41) is 9.92. The van der Waals surface area contributed by atoms with Crippen LogP contribution in [0.2, 0.25) is 0 Å². The summed E-state index contributed by atoms with van der Waals surface area (Å²) in [5.74, 6) is 0.797. The van der Waals surface area contributed by atoms with Gasteiger partial charge in [0.25, 0.3) is 0 Å². The Morgan fingerprint density at radius 2 is 1.47 bits per heavy atom. The molecule has 3 aromatic carbocycles. The molecular formula is C23H20FN3O4S. The van der Waals surface area contributed by atoms with E-state index in [2.05, 4.69) is 0 Å². The molecule has 0 saturated carbocycles. The Morgan fingerprint density at radius 3 is 2.06 bits per heavy atom. The van der Waals surface area contributed by atoms with Crippen molar-refractivity contribution >= 4 is 10.0 Å². The van der Waals surface area contributed by atoms with Crippen molar-refractivity contribution in [2.45, 2.75) is 4.90 Å². The van der Waals surface area contributed by atoms with Crippen LogP contribution >= 0.6 is 0 Å². The van der Waals surface area contributed by atoms with E-state index in [1.165, 1.54) is 24.3 Å². The molecule has 0 atom stereocenters. The molecule has 0 radical (unpaired) electrons. The van der Waals surface area contributed by atoms with E-state index in [0.29, 0.717) is 28.6 Å². The van der Waals surface area contributed by atoms with Crippen molar-refractivity contribution in [1.82, 2.24) is 9.78 Å². The van der Waals surface area contributed by atoms with Crippen LogP contribution in [-0.4, -0.2) is 32.4 Å². The summed E-state index contributed by atoms with van der Waals surface area (Å²) in [6.07, 6.45) is 0. The van der Waals surface area contributed by atoms with Gasteiger partial charge in [0.1, 0.15) is 5.82 Å². The van der Waals surface area contributed by atoms with Crippen LogP contribution in [0.4, 0.5) is 4.39 Å². The smallest absolute Gasteiger partial charge is 0.238 e. The van der Waals surface area contributed by atoms with Gasteiger partial charge in [0.05, 0.1) is 36.2 Å². The van der Waals surface area contributed by atoms with Crippen LogP contribution in [-0.2, 0) is 10.0 Å². The van der Waals surface area contributed by atoms with Crippen molar-refractivity contribution in [3.05, 3.63) is 78.6 Å². The summed E-state index contributed by atoms with van der Waals surface area (Å²) in [4.78, 5) is -0.00291. The molecule has 0 bridgehead atoms. The predicted molar refractivity (Wildman–Crippen MR) is 119 cm³/mol. The van der Waals surface area contributed by atoms with Crippen molar-refractivity contribution in [2.75, 3.05) is 14.2 Å². The topological polar surface area (TPSA) is 96.4 Å². The molecule has 2 N–H and O–H groups in total. The van der Waals surface area contributed by atoms with Gasteiger partial charge in [0.2, 0.25) is 10.0 Å². The second kappa shape index (κ2) is 8.45. The number of ether oxygens (including phenoxy) is 2. The molecule has 32 heavy (non-hydrogen) atoms. The first-order valence-electron chi connectivity index (χ1n) is 9.52. The van der Waals surface area contributed by atoms with Crippen molar-refractivity contribution < 1.29 is 22.3 Å². The van der Waals surface area contributed by atoms with Gasteiger partial charge in [0.15, 0.2) is 11.5 Å². The van der Waals surface area contributed by atoms with Gasteiger partial charge in [-0.05, 0) is 72.8 Å². The van der Waals surface area contributed by atoms with E-state index in [1.807, 2.05) is 18.2 Å². The minimum atomic E-state index is -3.82. The maximum Gasteiger partial charge on any atom is 0.238 e. The Labute approximate surface area is 184 Å². The molecule has 0 unspecified atom stereocenters. The number of rotatable bonds is 6. The zero-order valence-corrected chi connectivity index (χ0v) is 18.1. The predicted octanol–water partition coefficient (Wildman–Crippen LogP) is 4.01. The molecule has 1 aromatic heterocycles. The molecule has 4 rings (SSSR count). The number of sulfonamides is 1. The fourth-order valence-electron chi connectivity index (χ4n) is 3.32. The number of aromatic nitrogens is 2. The largest absolute Gasteiger partial charge is 0.493 e. The lowest BCUT2D eigenvalue weighted by Crippen LogP contribution is -2.12. The molecule has 0 amide bonds. The molecule has 0 saturated heterocycles. The van der Waals surface area contributed by atoms with Gasteiger partial charge in [-0.15, -0.1) is 0 Å². The Morgan fingerprint density at radius 1 is 0.844 bits per heavy atom. The van der Waals surface area contributed by atoms with E-state index in [0.717, 1.165) is 11.1 Å². The standard InChI is InChI=1S/C23H20FN3O4S/c1-30-22-12-5-16(13-23(22)31-2)20-14-21(15-3-6-17(24)7-4-15)27(26-20)18-8-10-19(11-9-18)32(25,28)29/h3-14H,1-2H3,(H2,25,28,29). The number of hydrogen-bond donors (Lipinski definition) is 1. The molecule has 0 aliphatic carbocycles. The van der Waals surface area contributed by atoms with E-state index in [1.54, 1.807) is 49.2 Å². The first kappa shape index (κ1) is 21.5. The average Bonchev–Trinajstić information content (AvgIpc) is 3.24. The highest BCUT2D eigenvalue weighted by molar-refractivity contribution is 7.89. The average molecular weight is 453 g/mol. The van der Waals surface area contributed by atoms with Crippen LogP contribution in [0.1, 0.15) is 0 Å². The molecule has 4 aromatic rings. The third kappa shape index (κ3) is 4.20. The summed E-state index contributed by atoms with van der Waals surface area (Å²) < 4.78 is 49.0. The molecule has 0 spiro atoms. The minimum absolute atomic E-state index is 0.00291. The first-order chi connectivity index (χ1) is 15.3. The lowest BCUT2D eigenvalue weighted by atomic mass is 10.1. The zero-order valence-electron chi connectivity index (χ0n) is 17.3. The summed E-state index contributed by atoms with van der Waals surface area (Å²) in [7, 11) is -0.706. The lowest BCUT2D eigenvalue weighted by molar-refractivity contribution is 0.355. The summed E-state index contributed by atoms with van der Waals surface area (Å²) in [6.45, 7) is 0. The highest BCUT2D eigenvalue weighted by Crippen LogP contribution is 2.34. The Kier molecular flexibility index (Phi) is 5.68. The number of methoxy groups -OCH3 is 2. The second-order valence-electron chi connectivity index (χ2n) is 6.94. The molecule has 9 heteroatoms. The number of primary sulfonamides is 1. The zero-order chi connectivity index (χ0) is 22.9. The monoisotopic (exact) mass is 453 g/mol. The fourth-order valence-corrected chi connectivity index (χ4v) is 3.83. The van der Waals surface area contributed by atoms with Gasteiger partial charge in [-0.3, -0.25) is 0 Å². The number of halogens is 1. The number of benzene rings is 3. The van der Waals surface area contributed by atoms with Crippen molar-refractivity contribution in [3.63, 3.8) is 0 Å².